The predicted octanol–water partition coefficient (Wildman–Crippen LogP) is 3.12. The largest absolute Gasteiger partial charge is 0.338 e. The van der Waals surface area contributed by atoms with Gasteiger partial charge in [-0.2, -0.15) is 0 Å². The van der Waals surface area contributed by atoms with E-state index in [0.29, 0.717) is 5.92 Å². The monoisotopic (exact) mass is 232 g/mol. The average molecular weight is 232 g/mol. The van der Waals surface area contributed by atoms with Crippen LogP contribution in [0.2, 0.25) is 0 Å². The molecule has 1 unspecified atom stereocenters. The summed E-state index contributed by atoms with van der Waals surface area (Å²) in [6.07, 6.45) is 2.01. The van der Waals surface area contributed by atoms with Crippen molar-refractivity contribution in [2.45, 2.75) is 32.6 Å². The standard InChI is InChI=1S/C14H20N2O/c1-3-9-15-14(17)16-10-8-11(2)12-6-4-5-7-13(12)16/h4-7,11H,3,8-10H2,1-2H3,(H,15,17). The van der Waals surface area contributed by atoms with Gasteiger partial charge in [0.1, 0.15) is 0 Å². The number of urea groups is 1. The van der Waals surface area contributed by atoms with E-state index in [-0.39, 0.29) is 6.03 Å². The van der Waals surface area contributed by atoms with Crippen LogP contribution >= 0.6 is 0 Å². The quantitative estimate of drug-likeness (QED) is 0.834. The molecule has 0 aromatic heterocycles. The number of benzene rings is 1. The number of carbonyl (C=O) groups excluding carboxylic acids is 1. The van der Waals surface area contributed by atoms with Crippen LogP contribution in [0.3, 0.4) is 0 Å². The number of para-hydroxylation sites is 1. The highest BCUT2D eigenvalue weighted by Gasteiger charge is 2.25. The second-order valence-electron chi connectivity index (χ2n) is 4.63. The zero-order valence-corrected chi connectivity index (χ0v) is 10.6. The molecule has 2 rings (SSSR count). The fraction of sp³-hybridized carbons (Fsp3) is 0.500. The number of amides is 2. The van der Waals surface area contributed by atoms with Gasteiger partial charge in [0, 0.05) is 18.8 Å². The van der Waals surface area contributed by atoms with Crippen molar-refractivity contribution in [3.63, 3.8) is 0 Å². The number of nitrogens with zero attached hydrogens (tertiary/aromatic N) is 1. The Kier molecular flexibility index (Phi) is 3.67. The van der Waals surface area contributed by atoms with E-state index < -0.39 is 0 Å². The summed E-state index contributed by atoms with van der Waals surface area (Å²) in [5.41, 5.74) is 2.35. The van der Waals surface area contributed by atoms with Gasteiger partial charge in [0.2, 0.25) is 0 Å². The second-order valence-corrected chi connectivity index (χ2v) is 4.63. The number of hydrogen-bond acceptors (Lipinski definition) is 1. The van der Waals surface area contributed by atoms with E-state index in [1.807, 2.05) is 23.1 Å². The van der Waals surface area contributed by atoms with Crippen LogP contribution in [-0.4, -0.2) is 19.1 Å². The fourth-order valence-electron chi connectivity index (χ4n) is 2.29. The maximum Gasteiger partial charge on any atom is 0.321 e. The molecule has 1 aromatic carbocycles. The van der Waals surface area contributed by atoms with Gasteiger partial charge in [-0.25, -0.2) is 4.79 Å². The van der Waals surface area contributed by atoms with Crippen LogP contribution in [0.1, 0.15) is 38.2 Å². The van der Waals surface area contributed by atoms with Crippen molar-refractivity contribution in [1.29, 1.82) is 0 Å². The molecule has 0 saturated carbocycles. The molecule has 0 fully saturated rings. The molecule has 2 amide bonds. The maximum absolute atomic E-state index is 12.0. The second kappa shape index (κ2) is 5.21. The van der Waals surface area contributed by atoms with Crippen molar-refractivity contribution in [1.82, 2.24) is 5.32 Å². The highest BCUT2D eigenvalue weighted by atomic mass is 16.2. The predicted molar refractivity (Wildman–Crippen MR) is 70.5 cm³/mol. The number of nitrogens with one attached hydrogen (secondary N) is 1. The van der Waals surface area contributed by atoms with Crippen molar-refractivity contribution in [2.75, 3.05) is 18.0 Å². The van der Waals surface area contributed by atoms with E-state index >= 15 is 0 Å². The third-order valence-corrected chi connectivity index (χ3v) is 3.32. The first-order valence-corrected chi connectivity index (χ1v) is 6.38. The minimum absolute atomic E-state index is 0.0335. The van der Waals surface area contributed by atoms with Gasteiger partial charge in [-0.05, 0) is 30.4 Å². The zero-order valence-electron chi connectivity index (χ0n) is 10.6. The Labute approximate surface area is 103 Å². The minimum atomic E-state index is 0.0335. The minimum Gasteiger partial charge on any atom is -0.338 e. The normalized spacial score (nSPS) is 18.7. The molecule has 0 bridgehead atoms. The Balaban J connectivity index is 2.21. The number of carbonyl (C=O) groups is 1. The lowest BCUT2D eigenvalue weighted by atomic mass is 9.92. The molecule has 0 saturated heterocycles. The molecule has 3 heteroatoms. The molecular weight excluding hydrogens is 212 g/mol. The summed E-state index contributed by atoms with van der Waals surface area (Å²) in [4.78, 5) is 13.9. The first kappa shape index (κ1) is 12.0. The number of hydrogen-bond donors (Lipinski definition) is 1. The van der Waals surface area contributed by atoms with E-state index in [1.54, 1.807) is 0 Å². The number of rotatable bonds is 2. The van der Waals surface area contributed by atoms with E-state index in [1.165, 1.54) is 5.56 Å². The topological polar surface area (TPSA) is 32.3 Å². The Hall–Kier alpha value is -1.51. The molecular formula is C14H20N2O. The molecule has 1 aliphatic rings. The molecule has 0 radical (unpaired) electrons. The highest BCUT2D eigenvalue weighted by Crippen LogP contribution is 2.34. The Morgan fingerprint density at radius 2 is 2.24 bits per heavy atom. The number of fused-ring (bicyclic) bond motifs is 1. The molecule has 3 nitrogen and oxygen atoms in total. The molecule has 1 atom stereocenters. The van der Waals surface area contributed by atoms with Crippen LogP contribution in [-0.2, 0) is 0 Å². The smallest absolute Gasteiger partial charge is 0.321 e. The van der Waals surface area contributed by atoms with E-state index in [2.05, 4.69) is 25.2 Å². The summed E-state index contributed by atoms with van der Waals surface area (Å²) in [5.74, 6) is 0.543. The van der Waals surface area contributed by atoms with Gasteiger partial charge in [-0.3, -0.25) is 4.90 Å². The van der Waals surface area contributed by atoms with Crippen molar-refractivity contribution in [3.8, 4) is 0 Å². The zero-order chi connectivity index (χ0) is 12.3. The third-order valence-electron chi connectivity index (χ3n) is 3.32. The van der Waals surface area contributed by atoms with Crippen LogP contribution < -0.4 is 10.2 Å². The Bertz CT molecular complexity index is 403. The third kappa shape index (κ3) is 2.43. The van der Waals surface area contributed by atoms with Crippen LogP contribution in [0.15, 0.2) is 24.3 Å². The summed E-state index contributed by atoms with van der Waals surface area (Å²) in [5, 5.41) is 2.94. The summed E-state index contributed by atoms with van der Waals surface area (Å²) in [6.45, 7) is 5.84. The Morgan fingerprint density at radius 3 is 3.00 bits per heavy atom. The lowest BCUT2D eigenvalue weighted by Crippen LogP contribution is -2.43. The van der Waals surface area contributed by atoms with Gasteiger partial charge in [0.05, 0.1) is 0 Å². The van der Waals surface area contributed by atoms with Crippen LogP contribution in [0.25, 0.3) is 0 Å². The van der Waals surface area contributed by atoms with Gasteiger partial charge in [-0.15, -0.1) is 0 Å². The van der Waals surface area contributed by atoms with Crippen molar-refractivity contribution >= 4 is 11.7 Å². The molecule has 0 spiro atoms. The molecule has 17 heavy (non-hydrogen) atoms. The molecule has 1 N–H and O–H groups in total. The van der Waals surface area contributed by atoms with E-state index in [9.17, 15) is 4.79 Å². The number of anilines is 1. The fourth-order valence-corrected chi connectivity index (χ4v) is 2.29. The van der Waals surface area contributed by atoms with E-state index in [4.69, 9.17) is 0 Å². The van der Waals surface area contributed by atoms with E-state index in [0.717, 1.165) is 31.6 Å². The Morgan fingerprint density at radius 1 is 1.47 bits per heavy atom. The summed E-state index contributed by atoms with van der Waals surface area (Å²) in [7, 11) is 0. The van der Waals surface area contributed by atoms with Gasteiger partial charge in [-0.1, -0.05) is 32.0 Å². The van der Waals surface area contributed by atoms with Gasteiger partial charge >= 0.3 is 6.03 Å². The average Bonchev–Trinajstić information content (AvgIpc) is 2.37. The molecule has 1 aliphatic heterocycles. The van der Waals surface area contributed by atoms with Crippen LogP contribution in [0, 0.1) is 0 Å². The van der Waals surface area contributed by atoms with Gasteiger partial charge in [0.15, 0.2) is 0 Å². The molecule has 0 aliphatic carbocycles. The lowest BCUT2D eigenvalue weighted by molar-refractivity contribution is 0.245. The van der Waals surface area contributed by atoms with Crippen molar-refractivity contribution < 1.29 is 4.79 Å². The first-order chi connectivity index (χ1) is 8.24. The SMILES string of the molecule is CCCNC(=O)N1CCC(C)c2ccccc21. The van der Waals surface area contributed by atoms with Crippen molar-refractivity contribution in [3.05, 3.63) is 29.8 Å². The van der Waals surface area contributed by atoms with Gasteiger partial charge in [0.25, 0.3) is 0 Å². The summed E-state index contributed by atoms with van der Waals surface area (Å²) < 4.78 is 0. The first-order valence-electron chi connectivity index (χ1n) is 6.38. The summed E-state index contributed by atoms with van der Waals surface area (Å²) >= 11 is 0. The summed E-state index contributed by atoms with van der Waals surface area (Å²) in [6, 6.07) is 8.24. The van der Waals surface area contributed by atoms with Crippen molar-refractivity contribution in [2.24, 2.45) is 0 Å². The molecule has 1 aromatic rings. The molecule has 92 valence electrons. The highest BCUT2D eigenvalue weighted by molar-refractivity contribution is 5.93. The van der Waals surface area contributed by atoms with Crippen LogP contribution in [0.5, 0.6) is 0 Å². The van der Waals surface area contributed by atoms with Gasteiger partial charge < -0.3 is 5.32 Å². The lowest BCUT2D eigenvalue weighted by Gasteiger charge is -2.32. The maximum atomic E-state index is 12.0. The van der Waals surface area contributed by atoms with Crippen LogP contribution in [0.4, 0.5) is 10.5 Å². The molecule has 1 heterocycles.